The van der Waals surface area contributed by atoms with Gasteiger partial charge in [0.15, 0.2) is 0 Å². The molecule has 2 nitrogen and oxygen atoms in total. The average molecular weight is 269 g/mol. The van der Waals surface area contributed by atoms with Gasteiger partial charge in [0.1, 0.15) is 11.9 Å². The van der Waals surface area contributed by atoms with Crippen LogP contribution in [0.15, 0.2) is 54.4 Å². The molecule has 1 unspecified atom stereocenters. The predicted molar refractivity (Wildman–Crippen MR) is 79.5 cm³/mol. The lowest BCUT2D eigenvalue weighted by molar-refractivity contribution is 0.193. The Hall–Kier alpha value is -1.80. The second kappa shape index (κ2) is 6.95. The van der Waals surface area contributed by atoms with Gasteiger partial charge in [-0.3, -0.25) is 0 Å². The Morgan fingerprint density at radius 3 is 2.74 bits per heavy atom. The second-order valence-electron chi connectivity index (χ2n) is 3.55. The summed E-state index contributed by atoms with van der Waals surface area (Å²) >= 11 is 0. The Morgan fingerprint density at radius 2 is 1.95 bits per heavy atom. The van der Waals surface area contributed by atoms with Gasteiger partial charge < -0.3 is 10.1 Å². The maximum atomic E-state index is 8.43. The molecule has 1 atom stereocenters. The molecule has 2 rings (SSSR count). The zero-order chi connectivity index (χ0) is 25.6. The Kier molecular flexibility index (Phi) is 1.59. The molecule has 0 fully saturated rings. The molecular weight excluding hydrogens is 234 g/mol. The van der Waals surface area contributed by atoms with Crippen molar-refractivity contribution in [1.82, 2.24) is 5.32 Å². The summed E-state index contributed by atoms with van der Waals surface area (Å²) in [5.41, 5.74) is -0.719. The first-order valence-electron chi connectivity index (χ1n) is 12.5. The van der Waals surface area contributed by atoms with Crippen LogP contribution in [0.5, 0.6) is 5.75 Å². The van der Waals surface area contributed by atoms with Crippen molar-refractivity contribution in [3.63, 3.8) is 0 Å². The van der Waals surface area contributed by atoms with Crippen molar-refractivity contribution >= 4 is 0 Å². The van der Waals surface area contributed by atoms with E-state index < -0.39 is 91.7 Å². The molecule has 0 bridgehead atoms. The van der Waals surface area contributed by atoms with Crippen LogP contribution in [0.2, 0.25) is 0 Å². The van der Waals surface area contributed by atoms with Crippen LogP contribution >= 0.6 is 0 Å². The summed E-state index contributed by atoms with van der Waals surface area (Å²) in [5.74, 6) is -0.490. The third-order valence-corrected chi connectivity index (χ3v) is 2.22. The van der Waals surface area contributed by atoms with E-state index in [1.165, 1.54) is 6.92 Å². The normalized spacial score (nSPS) is 24.1. The number of benzene rings is 2. The minimum atomic E-state index is -2.76. The minimum absolute atomic E-state index is 0.0991. The van der Waals surface area contributed by atoms with Crippen molar-refractivity contribution < 1.29 is 23.9 Å². The van der Waals surface area contributed by atoms with Gasteiger partial charge in [-0.2, -0.15) is 0 Å². The fraction of sp³-hybridized carbons (Fsp3) is 0.294. The fourth-order valence-electron chi connectivity index (χ4n) is 1.34. The molecule has 19 heavy (non-hydrogen) atoms. The third kappa shape index (κ3) is 3.83. The first-order valence-corrected chi connectivity index (χ1v) is 5.47. The lowest BCUT2D eigenvalue weighted by Gasteiger charge is -2.20. The Morgan fingerprint density at radius 1 is 1.21 bits per heavy atom. The molecule has 1 N–H and O–H groups in total. The number of para-hydroxylation sites is 1. The summed E-state index contributed by atoms with van der Waals surface area (Å²) in [5, 5.41) is 1.98. The zero-order valence-electron chi connectivity index (χ0n) is 24.2. The molecule has 0 saturated carbocycles. The molecule has 2 aromatic carbocycles. The van der Waals surface area contributed by atoms with E-state index in [0.717, 1.165) is 0 Å². The molecule has 0 spiro atoms. The molecule has 0 aliphatic rings. The van der Waals surface area contributed by atoms with E-state index in [1.807, 2.05) is 5.32 Å². The molecule has 0 saturated heterocycles. The smallest absolute Gasteiger partial charge is 0.125 e. The van der Waals surface area contributed by atoms with E-state index in [0.29, 0.717) is 0 Å². The van der Waals surface area contributed by atoms with E-state index in [1.54, 1.807) is 0 Å². The van der Waals surface area contributed by atoms with Crippen LogP contribution in [-0.4, -0.2) is 13.5 Å². The molecule has 100 valence electrons. The summed E-state index contributed by atoms with van der Waals surface area (Å²) in [6, 6.07) is -6.22. The van der Waals surface area contributed by atoms with E-state index in [-0.39, 0.29) is 5.56 Å². The van der Waals surface area contributed by atoms with Crippen molar-refractivity contribution in [2.24, 2.45) is 0 Å². The fourth-order valence-corrected chi connectivity index (χ4v) is 1.34. The zero-order valence-corrected chi connectivity index (χ0v) is 10.2. The van der Waals surface area contributed by atoms with Crippen LogP contribution in [0.3, 0.4) is 0 Å². The van der Waals surface area contributed by atoms with Crippen molar-refractivity contribution in [3.8, 4) is 5.75 Å². The van der Waals surface area contributed by atoms with Gasteiger partial charge in [-0.1, -0.05) is 48.3 Å². The van der Waals surface area contributed by atoms with Gasteiger partial charge >= 0.3 is 0 Å². The van der Waals surface area contributed by atoms with Crippen molar-refractivity contribution in [2.75, 3.05) is 13.5 Å². The van der Waals surface area contributed by atoms with Gasteiger partial charge in [-0.25, -0.2) is 0 Å². The number of nitrogens with one attached hydrogen (secondary N) is 1. The molecule has 0 aliphatic carbocycles. The first kappa shape index (κ1) is 4.35. The van der Waals surface area contributed by atoms with Crippen molar-refractivity contribution in [1.29, 1.82) is 0 Å². The molecule has 0 aliphatic heterocycles. The Labute approximate surface area is 135 Å². The number of rotatable bonds is 6. The summed E-state index contributed by atoms with van der Waals surface area (Å²) in [4.78, 5) is 0. The molecule has 2 aromatic rings. The third-order valence-electron chi connectivity index (χ3n) is 2.22. The van der Waals surface area contributed by atoms with Crippen LogP contribution in [0.25, 0.3) is 0 Å². The van der Waals surface area contributed by atoms with E-state index in [4.69, 9.17) is 23.9 Å². The minimum Gasteiger partial charge on any atom is -0.485 e. The van der Waals surface area contributed by atoms with Crippen molar-refractivity contribution in [3.05, 3.63) is 65.5 Å². The Bertz CT molecular complexity index is 1020. The highest BCUT2D eigenvalue weighted by atomic mass is 16.5. The van der Waals surface area contributed by atoms with E-state index in [2.05, 4.69) is 0 Å². The average Bonchev–Trinajstić information content (AvgIpc) is 2.73. The summed E-state index contributed by atoms with van der Waals surface area (Å²) < 4.78 is 116. The maximum absolute atomic E-state index is 8.43. The number of ether oxygens (including phenoxy) is 1. The highest BCUT2D eigenvalue weighted by Crippen LogP contribution is 2.26. The van der Waals surface area contributed by atoms with Crippen LogP contribution in [0, 0.1) is 6.92 Å². The summed E-state index contributed by atoms with van der Waals surface area (Å²) in [6.45, 7) is -2.35. The lowest BCUT2D eigenvalue weighted by atomic mass is 10.1. The van der Waals surface area contributed by atoms with Crippen LogP contribution in [-0.2, 0) is 0 Å². The quantitative estimate of drug-likeness (QED) is 0.863. The maximum Gasteiger partial charge on any atom is 0.125 e. The van der Waals surface area contributed by atoms with Gasteiger partial charge in [-0.15, -0.1) is 0 Å². The summed E-state index contributed by atoms with van der Waals surface area (Å²) in [7, 11) is 0. The SMILES string of the molecule is [2H]c1c([2H])c([2H])c(C(Oc2c([2H])c([2H])c([2H])c([2H])c2C)C([2H])([2H])CNC([2H])([2H])[2H])c([2H])c1[2H]. The second-order valence-corrected chi connectivity index (χ2v) is 3.55. The van der Waals surface area contributed by atoms with E-state index >= 15 is 0 Å². The van der Waals surface area contributed by atoms with Gasteiger partial charge in [0.25, 0.3) is 0 Å². The highest BCUT2D eigenvalue weighted by Gasteiger charge is 2.13. The Balaban J connectivity index is 2.80. The predicted octanol–water partition coefficient (Wildman–Crippen LogP) is 3.72. The molecule has 0 heterocycles. The first-order chi connectivity index (χ1) is 14.9. The van der Waals surface area contributed by atoms with Crippen LogP contribution in [0.4, 0.5) is 0 Å². The lowest BCUT2D eigenvalue weighted by Crippen LogP contribution is -2.16. The van der Waals surface area contributed by atoms with Gasteiger partial charge in [0, 0.05) is 13.2 Å². The number of hydrogen-bond acceptors (Lipinski definition) is 2. The monoisotopic (exact) mass is 269 g/mol. The molecular formula is C17H21NO. The molecule has 0 radical (unpaired) electrons. The topological polar surface area (TPSA) is 21.3 Å². The molecule has 0 amide bonds. The van der Waals surface area contributed by atoms with Crippen molar-refractivity contribution in [2.45, 2.75) is 19.4 Å². The van der Waals surface area contributed by atoms with Crippen LogP contribution < -0.4 is 10.1 Å². The standard InChI is InChI=1S/C17H21NO/c1-14-8-6-7-11-16(14)19-17(12-13-18-2)15-9-4-3-5-10-15/h3-11,17-18H,12-13H2,1-2H3/i2D3,3D,4D,5D,6D,7D,8D,9D,10D,11D,12D2. The molecule has 2 heteroatoms. The van der Waals surface area contributed by atoms with Gasteiger partial charge in [-0.05, 0) is 37.6 Å². The van der Waals surface area contributed by atoms with Crippen LogP contribution in [0.1, 0.15) is 42.8 Å². The summed E-state index contributed by atoms with van der Waals surface area (Å²) in [6.07, 6.45) is -4.73. The van der Waals surface area contributed by atoms with E-state index in [9.17, 15) is 0 Å². The largest absolute Gasteiger partial charge is 0.485 e. The highest BCUT2D eigenvalue weighted by molar-refractivity contribution is 5.33. The number of hydrogen-bond donors (Lipinski definition) is 1. The van der Waals surface area contributed by atoms with Gasteiger partial charge in [0.05, 0.1) is 12.3 Å². The molecule has 0 aromatic heterocycles. The van der Waals surface area contributed by atoms with Gasteiger partial charge in [0.2, 0.25) is 0 Å².